The van der Waals surface area contributed by atoms with Crippen molar-refractivity contribution < 1.29 is 13.2 Å². The van der Waals surface area contributed by atoms with Crippen LogP contribution in [0.15, 0.2) is 36.7 Å². The molecule has 8 nitrogen and oxygen atoms in total. The van der Waals surface area contributed by atoms with Crippen molar-refractivity contribution in [3.05, 3.63) is 53.1 Å². The van der Waals surface area contributed by atoms with E-state index in [0.29, 0.717) is 16.4 Å². The van der Waals surface area contributed by atoms with Gasteiger partial charge in [0.1, 0.15) is 5.82 Å². The van der Waals surface area contributed by atoms with Gasteiger partial charge in [0.25, 0.3) is 0 Å². The molecule has 0 atom stereocenters. The van der Waals surface area contributed by atoms with E-state index in [4.69, 9.17) is 16.6 Å². The molecule has 0 radical (unpaired) electrons. The molecule has 174 valence electrons. The van der Waals surface area contributed by atoms with Gasteiger partial charge in [-0.05, 0) is 55.8 Å². The molecule has 0 aliphatic carbocycles. The van der Waals surface area contributed by atoms with Gasteiger partial charge < -0.3 is 14.8 Å². The summed E-state index contributed by atoms with van der Waals surface area (Å²) in [6.07, 6.45) is 4.96. The Morgan fingerprint density at radius 1 is 1.21 bits per heavy atom. The Balaban J connectivity index is 1.56. The molecule has 4 heterocycles. The number of aryl methyl sites for hydroxylation is 1. The number of nitrogens with zero attached hydrogens (tertiary/aromatic N) is 4. The highest BCUT2D eigenvalue weighted by molar-refractivity contribution is 7.91. The van der Waals surface area contributed by atoms with E-state index in [0.717, 1.165) is 42.7 Å². The van der Waals surface area contributed by atoms with Gasteiger partial charge in [-0.15, -0.1) is 0 Å². The van der Waals surface area contributed by atoms with E-state index in [2.05, 4.69) is 10.3 Å². The fraction of sp³-hybridized carbons (Fsp3) is 0.435. The van der Waals surface area contributed by atoms with Crippen LogP contribution in [0.1, 0.15) is 31.2 Å². The number of aromatic nitrogens is 3. The SMILES string of the molecule is CCS(=O)(=O)CCn1c(CN2C(=O)C3(CCNCC3)c3ccncc32)nc2cc(Cl)ccc21. The quantitative estimate of drug-likeness (QED) is 0.574. The van der Waals surface area contributed by atoms with Crippen molar-refractivity contribution in [1.29, 1.82) is 0 Å². The number of hydrogen-bond acceptors (Lipinski definition) is 6. The number of anilines is 1. The van der Waals surface area contributed by atoms with Gasteiger partial charge in [0.05, 0.1) is 40.6 Å². The number of carbonyl (C=O) groups excluding carboxylic acids is 1. The molecule has 0 bridgehead atoms. The fourth-order valence-electron chi connectivity index (χ4n) is 5.02. The maximum atomic E-state index is 13.8. The molecule has 1 fully saturated rings. The summed E-state index contributed by atoms with van der Waals surface area (Å²) in [6.45, 7) is 3.72. The van der Waals surface area contributed by atoms with Gasteiger partial charge >= 0.3 is 0 Å². The number of fused-ring (bicyclic) bond motifs is 3. The molecule has 2 aromatic heterocycles. The van der Waals surface area contributed by atoms with E-state index in [1.165, 1.54) is 0 Å². The van der Waals surface area contributed by atoms with E-state index in [1.54, 1.807) is 36.4 Å². The van der Waals surface area contributed by atoms with Crippen LogP contribution in [0.5, 0.6) is 0 Å². The Kier molecular flexibility index (Phi) is 5.66. The topological polar surface area (TPSA) is 97.2 Å². The highest BCUT2D eigenvalue weighted by atomic mass is 35.5. The lowest BCUT2D eigenvalue weighted by molar-refractivity contribution is -0.124. The molecule has 5 rings (SSSR count). The number of benzene rings is 1. The van der Waals surface area contributed by atoms with Gasteiger partial charge in [-0.3, -0.25) is 9.78 Å². The molecular formula is C23H26ClN5O3S. The van der Waals surface area contributed by atoms with Gasteiger partial charge in [0, 0.05) is 23.5 Å². The van der Waals surface area contributed by atoms with Crippen molar-refractivity contribution in [3.8, 4) is 0 Å². The summed E-state index contributed by atoms with van der Waals surface area (Å²) in [7, 11) is -3.17. The average Bonchev–Trinajstić information content (AvgIpc) is 3.27. The zero-order valence-corrected chi connectivity index (χ0v) is 20.0. The number of rotatable bonds is 6. The van der Waals surface area contributed by atoms with Crippen molar-refractivity contribution >= 4 is 44.1 Å². The monoisotopic (exact) mass is 487 g/mol. The molecule has 10 heteroatoms. The molecule has 3 aromatic rings. The highest BCUT2D eigenvalue weighted by Crippen LogP contribution is 2.47. The Morgan fingerprint density at radius 3 is 2.76 bits per heavy atom. The number of imidazole rings is 1. The molecule has 1 amide bonds. The molecule has 1 aromatic carbocycles. The van der Waals surface area contributed by atoms with Crippen LogP contribution in [0.25, 0.3) is 11.0 Å². The maximum Gasteiger partial charge on any atom is 0.238 e. The van der Waals surface area contributed by atoms with Gasteiger partial charge in [-0.2, -0.15) is 0 Å². The summed E-state index contributed by atoms with van der Waals surface area (Å²) < 4.78 is 26.3. The minimum absolute atomic E-state index is 0.00623. The Morgan fingerprint density at radius 2 is 2.00 bits per heavy atom. The van der Waals surface area contributed by atoms with Crippen molar-refractivity contribution in [1.82, 2.24) is 19.9 Å². The van der Waals surface area contributed by atoms with Gasteiger partial charge in [0.15, 0.2) is 9.84 Å². The number of sulfone groups is 1. The zero-order chi connectivity index (χ0) is 23.2. The number of nitrogens with one attached hydrogen (secondary N) is 1. The van der Waals surface area contributed by atoms with E-state index >= 15 is 0 Å². The lowest BCUT2D eigenvalue weighted by Gasteiger charge is -2.33. The zero-order valence-electron chi connectivity index (χ0n) is 18.4. The largest absolute Gasteiger partial charge is 0.325 e. The van der Waals surface area contributed by atoms with Crippen LogP contribution < -0.4 is 10.2 Å². The summed E-state index contributed by atoms with van der Waals surface area (Å²) in [4.78, 5) is 24.6. The van der Waals surface area contributed by atoms with Crippen molar-refractivity contribution in [2.75, 3.05) is 29.5 Å². The van der Waals surface area contributed by atoms with Crippen LogP contribution in [0.4, 0.5) is 5.69 Å². The predicted molar refractivity (Wildman–Crippen MR) is 128 cm³/mol. The number of amides is 1. The van der Waals surface area contributed by atoms with Crippen LogP contribution in [0.2, 0.25) is 5.02 Å². The van der Waals surface area contributed by atoms with Gasteiger partial charge in [-0.25, -0.2) is 13.4 Å². The lowest BCUT2D eigenvalue weighted by Crippen LogP contribution is -2.47. The number of carbonyl (C=O) groups is 1. The molecule has 0 unspecified atom stereocenters. The van der Waals surface area contributed by atoms with Crippen molar-refractivity contribution in [3.63, 3.8) is 0 Å². The first-order valence-electron chi connectivity index (χ1n) is 11.2. The molecule has 0 saturated carbocycles. The summed E-state index contributed by atoms with van der Waals surface area (Å²) in [5.74, 6) is 0.783. The number of pyridine rings is 1. The van der Waals surface area contributed by atoms with E-state index in [9.17, 15) is 13.2 Å². The van der Waals surface area contributed by atoms with Crippen molar-refractivity contribution in [2.45, 2.75) is 38.3 Å². The minimum Gasteiger partial charge on any atom is -0.325 e. The second kappa shape index (κ2) is 8.38. The Bertz CT molecular complexity index is 1330. The second-order valence-electron chi connectivity index (χ2n) is 8.67. The summed E-state index contributed by atoms with van der Waals surface area (Å²) in [5.41, 5.74) is 2.76. The van der Waals surface area contributed by atoms with E-state index in [1.807, 2.05) is 16.7 Å². The minimum atomic E-state index is -3.17. The van der Waals surface area contributed by atoms with E-state index < -0.39 is 15.3 Å². The summed E-state index contributed by atoms with van der Waals surface area (Å²) in [6, 6.07) is 7.34. The number of hydrogen-bond donors (Lipinski definition) is 1. The molecular weight excluding hydrogens is 462 g/mol. The molecule has 1 saturated heterocycles. The normalized spacial score (nSPS) is 17.8. The van der Waals surface area contributed by atoms with Crippen LogP contribution in [-0.2, 0) is 33.1 Å². The lowest BCUT2D eigenvalue weighted by atomic mass is 9.74. The third-order valence-electron chi connectivity index (χ3n) is 6.87. The number of halogens is 1. The molecule has 2 aliphatic rings. The molecule has 1 N–H and O–H groups in total. The first-order valence-corrected chi connectivity index (χ1v) is 13.4. The van der Waals surface area contributed by atoms with Gasteiger partial charge in [0.2, 0.25) is 5.91 Å². The van der Waals surface area contributed by atoms with Crippen LogP contribution >= 0.6 is 11.6 Å². The predicted octanol–water partition coefficient (Wildman–Crippen LogP) is 2.69. The smallest absolute Gasteiger partial charge is 0.238 e. The standard InChI is InChI=1S/C23H26ClN5O3S/c1-2-33(31,32)12-11-28-19-4-3-16(24)13-18(19)27-21(28)15-29-20-14-26-8-5-17(20)23(22(29)30)6-9-25-10-7-23/h3-5,8,13-14,25H,2,6-7,9-12,15H2,1H3. The molecule has 33 heavy (non-hydrogen) atoms. The average molecular weight is 488 g/mol. The fourth-order valence-corrected chi connectivity index (χ4v) is 5.94. The van der Waals surface area contributed by atoms with Crippen LogP contribution in [0, 0.1) is 0 Å². The summed E-state index contributed by atoms with van der Waals surface area (Å²) in [5, 5.41) is 3.90. The Hall–Kier alpha value is -2.49. The molecule has 2 aliphatic heterocycles. The third-order valence-corrected chi connectivity index (χ3v) is 8.79. The first kappa shape index (κ1) is 22.3. The molecule has 1 spiro atoms. The van der Waals surface area contributed by atoms with Gasteiger partial charge in [-0.1, -0.05) is 18.5 Å². The first-order chi connectivity index (χ1) is 15.8. The van der Waals surface area contributed by atoms with Crippen LogP contribution in [-0.4, -0.2) is 53.5 Å². The van der Waals surface area contributed by atoms with Crippen LogP contribution in [0.3, 0.4) is 0 Å². The highest BCUT2D eigenvalue weighted by Gasteiger charge is 2.51. The Labute approximate surface area is 197 Å². The van der Waals surface area contributed by atoms with E-state index in [-0.39, 0.29) is 30.5 Å². The number of piperidine rings is 1. The second-order valence-corrected chi connectivity index (χ2v) is 11.6. The summed E-state index contributed by atoms with van der Waals surface area (Å²) >= 11 is 6.19. The third kappa shape index (κ3) is 3.82. The van der Waals surface area contributed by atoms with Crippen molar-refractivity contribution in [2.24, 2.45) is 0 Å². The maximum absolute atomic E-state index is 13.8.